The van der Waals surface area contributed by atoms with Gasteiger partial charge in [0.2, 0.25) is 0 Å². The topological polar surface area (TPSA) is 88.8 Å². The van der Waals surface area contributed by atoms with E-state index in [0.29, 0.717) is 12.4 Å². The van der Waals surface area contributed by atoms with Gasteiger partial charge >= 0.3 is 11.9 Å². The maximum atomic E-state index is 12.0. The summed E-state index contributed by atoms with van der Waals surface area (Å²) in [4.78, 5) is 22.9. The van der Waals surface area contributed by atoms with Crippen molar-refractivity contribution in [2.75, 3.05) is 6.61 Å². The summed E-state index contributed by atoms with van der Waals surface area (Å²) in [5.74, 6) is -0.917. The quantitative estimate of drug-likeness (QED) is 0.398. The van der Waals surface area contributed by atoms with Crippen molar-refractivity contribution in [3.8, 4) is 0 Å². The maximum absolute atomic E-state index is 12.0. The third-order valence-electron chi connectivity index (χ3n) is 3.76. The molecule has 2 N–H and O–H groups in total. The third kappa shape index (κ3) is 9.35. The van der Waals surface area contributed by atoms with E-state index >= 15 is 0 Å². The summed E-state index contributed by atoms with van der Waals surface area (Å²) in [5, 5.41) is 11.8. The van der Waals surface area contributed by atoms with Crippen LogP contribution in [0.5, 0.6) is 0 Å². The van der Waals surface area contributed by atoms with Crippen LogP contribution in [0.15, 0.2) is 22.8 Å². The molecule has 0 saturated heterocycles. The van der Waals surface area contributed by atoms with Crippen LogP contribution in [0.1, 0.15) is 64.1 Å². The van der Waals surface area contributed by atoms with Gasteiger partial charge in [0, 0.05) is 0 Å². The maximum Gasteiger partial charge on any atom is 0.323 e. The molecule has 0 spiro atoms. The van der Waals surface area contributed by atoms with E-state index in [1.807, 2.05) is 0 Å². The standard InChI is InChI=1S/C18H29NO5/c1-2-3-4-5-6-7-8-11-24-18(22)16(13-17(20)21)19-14-15-10-9-12-23-15/h9-10,12,16,19H,2-8,11,13-14H2,1H3,(H,20,21)/t16-/m1/s1. The number of rotatable bonds is 14. The Morgan fingerprint density at radius 3 is 2.54 bits per heavy atom. The Bertz CT molecular complexity index is 458. The predicted molar refractivity (Wildman–Crippen MR) is 90.5 cm³/mol. The average Bonchev–Trinajstić information content (AvgIpc) is 3.06. The van der Waals surface area contributed by atoms with Gasteiger partial charge in [-0.3, -0.25) is 14.9 Å². The van der Waals surface area contributed by atoms with E-state index in [-0.39, 0.29) is 13.0 Å². The first kappa shape index (κ1) is 20.2. The summed E-state index contributed by atoms with van der Waals surface area (Å²) < 4.78 is 10.4. The SMILES string of the molecule is CCCCCCCCCOC(=O)[C@@H](CC(=O)O)NCc1ccco1. The lowest BCUT2D eigenvalue weighted by molar-refractivity contribution is -0.150. The molecule has 1 aromatic rings. The smallest absolute Gasteiger partial charge is 0.323 e. The molecule has 0 aliphatic rings. The highest BCUT2D eigenvalue weighted by atomic mass is 16.5. The molecule has 0 saturated carbocycles. The molecule has 0 aliphatic heterocycles. The summed E-state index contributed by atoms with van der Waals surface area (Å²) in [6.45, 7) is 2.82. The molecule has 1 aromatic heterocycles. The molecule has 0 bridgehead atoms. The minimum atomic E-state index is -1.04. The zero-order valence-corrected chi connectivity index (χ0v) is 14.5. The molecule has 0 unspecified atom stereocenters. The van der Waals surface area contributed by atoms with Crippen LogP contribution in [-0.4, -0.2) is 29.7 Å². The van der Waals surface area contributed by atoms with Gasteiger partial charge in [0.15, 0.2) is 0 Å². The van der Waals surface area contributed by atoms with Gasteiger partial charge in [-0.2, -0.15) is 0 Å². The van der Waals surface area contributed by atoms with Gasteiger partial charge in [0.05, 0.1) is 25.8 Å². The van der Waals surface area contributed by atoms with Crippen LogP contribution in [0.2, 0.25) is 0 Å². The van der Waals surface area contributed by atoms with E-state index in [2.05, 4.69) is 12.2 Å². The van der Waals surface area contributed by atoms with Crippen molar-refractivity contribution in [2.45, 2.75) is 70.9 Å². The number of ether oxygens (including phenoxy) is 1. The molecular weight excluding hydrogens is 310 g/mol. The Morgan fingerprint density at radius 1 is 1.21 bits per heavy atom. The number of carboxylic acid groups (broad SMARTS) is 1. The first-order valence-electron chi connectivity index (χ1n) is 8.77. The molecular formula is C18H29NO5. The summed E-state index contributed by atoms with van der Waals surface area (Å²) in [6.07, 6.45) is 9.18. The summed E-state index contributed by atoms with van der Waals surface area (Å²) in [6, 6.07) is 2.63. The Hall–Kier alpha value is -1.82. The second-order valence-corrected chi connectivity index (χ2v) is 5.90. The Morgan fingerprint density at radius 2 is 1.92 bits per heavy atom. The Kier molecular flexibility index (Phi) is 10.6. The van der Waals surface area contributed by atoms with E-state index in [1.165, 1.54) is 31.9 Å². The fourth-order valence-corrected chi connectivity index (χ4v) is 2.38. The number of carbonyl (C=O) groups is 2. The minimum Gasteiger partial charge on any atom is -0.481 e. The van der Waals surface area contributed by atoms with Gasteiger partial charge in [-0.1, -0.05) is 45.4 Å². The minimum absolute atomic E-state index is 0.289. The van der Waals surface area contributed by atoms with Crippen molar-refractivity contribution in [1.29, 1.82) is 0 Å². The number of furan rings is 1. The summed E-state index contributed by atoms with van der Waals surface area (Å²) >= 11 is 0. The normalized spacial score (nSPS) is 12.0. The van der Waals surface area contributed by atoms with Crippen LogP contribution in [-0.2, 0) is 20.9 Å². The fourth-order valence-electron chi connectivity index (χ4n) is 2.38. The van der Waals surface area contributed by atoms with Crippen molar-refractivity contribution < 1.29 is 23.8 Å². The molecule has 0 fully saturated rings. The molecule has 0 aliphatic carbocycles. The van der Waals surface area contributed by atoms with Gasteiger partial charge in [-0.05, 0) is 18.6 Å². The molecule has 1 heterocycles. The number of nitrogens with one attached hydrogen (secondary N) is 1. The van der Waals surface area contributed by atoms with Crippen molar-refractivity contribution in [3.05, 3.63) is 24.2 Å². The number of aliphatic carboxylic acids is 1. The Labute approximate surface area is 143 Å². The molecule has 136 valence electrons. The number of carbonyl (C=O) groups excluding carboxylic acids is 1. The number of unbranched alkanes of at least 4 members (excludes halogenated alkanes) is 6. The van der Waals surface area contributed by atoms with Gasteiger partial charge in [0.1, 0.15) is 11.8 Å². The highest BCUT2D eigenvalue weighted by Gasteiger charge is 2.23. The highest BCUT2D eigenvalue weighted by Crippen LogP contribution is 2.08. The largest absolute Gasteiger partial charge is 0.481 e. The number of hydrogen-bond acceptors (Lipinski definition) is 5. The lowest BCUT2D eigenvalue weighted by Gasteiger charge is -2.15. The first-order chi connectivity index (χ1) is 11.6. The van der Waals surface area contributed by atoms with Crippen LogP contribution >= 0.6 is 0 Å². The van der Waals surface area contributed by atoms with Crippen molar-refractivity contribution >= 4 is 11.9 Å². The van der Waals surface area contributed by atoms with Gasteiger partial charge in [0.25, 0.3) is 0 Å². The summed E-state index contributed by atoms with van der Waals surface area (Å²) in [7, 11) is 0. The highest BCUT2D eigenvalue weighted by molar-refractivity contribution is 5.81. The predicted octanol–water partition coefficient (Wildman–Crippen LogP) is 3.51. The van der Waals surface area contributed by atoms with Crippen molar-refractivity contribution in [3.63, 3.8) is 0 Å². The van der Waals surface area contributed by atoms with E-state index in [1.54, 1.807) is 12.1 Å². The van der Waals surface area contributed by atoms with E-state index < -0.39 is 18.0 Å². The number of hydrogen-bond donors (Lipinski definition) is 2. The second-order valence-electron chi connectivity index (χ2n) is 5.90. The lowest BCUT2D eigenvalue weighted by atomic mass is 10.1. The molecule has 0 aromatic carbocycles. The van der Waals surface area contributed by atoms with Crippen LogP contribution in [0.3, 0.4) is 0 Å². The number of esters is 1. The zero-order valence-electron chi connectivity index (χ0n) is 14.5. The van der Waals surface area contributed by atoms with Crippen molar-refractivity contribution in [1.82, 2.24) is 5.32 Å². The van der Waals surface area contributed by atoms with E-state index in [4.69, 9.17) is 14.3 Å². The second kappa shape index (κ2) is 12.6. The van der Waals surface area contributed by atoms with Gasteiger partial charge < -0.3 is 14.3 Å². The molecule has 6 nitrogen and oxygen atoms in total. The molecule has 1 atom stereocenters. The molecule has 24 heavy (non-hydrogen) atoms. The third-order valence-corrected chi connectivity index (χ3v) is 3.76. The van der Waals surface area contributed by atoms with E-state index in [0.717, 1.165) is 19.3 Å². The average molecular weight is 339 g/mol. The fraction of sp³-hybridized carbons (Fsp3) is 0.667. The van der Waals surface area contributed by atoms with Crippen LogP contribution < -0.4 is 5.32 Å². The zero-order chi connectivity index (χ0) is 17.6. The summed E-state index contributed by atoms with van der Waals surface area (Å²) in [5.41, 5.74) is 0. The van der Waals surface area contributed by atoms with Crippen LogP contribution in [0.4, 0.5) is 0 Å². The molecule has 0 amide bonds. The first-order valence-corrected chi connectivity index (χ1v) is 8.77. The van der Waals surface area contributed by atoms with Crippen molar-refractivity contribution in [2.24, 2.45) is 0 Å². The lowest BCUT2D eigenvalue weighted by Crippen LogP contribution is -2.39. The molecule has 0 radical (unpaired) electrons. The molecule has 6 heteroatoms. The number of carboxylic acids is 1. The Balaban J connectivity index is 2.22. The van der Waals surface area contributed by atoms with E-state index in [9.17, 15) is 9.59 Å². The van der Waals surface area contributed by atoms with Gasteiger partial charge in [-0.15, -0.1) is 0 Å². The van der Waals surface area contributed by atoms with Crippen LogP contribution in [0.25, 0.3) is 0 Å². The van der Waals surface area contributed by atoms with Crippen LogP contribution in [0, 0.1) is 0 Å². The monoisotopic (exact) mass is 339 g/mol. The molecule has 1 rings (SSSR count). The van der Waals surface area contributed by atoms with Gasteiger partial charge in [-0.25, -0.2) is 0 Å².